The van der Waals surface area contributed by atoms with Crippen LogP contribution in [0.15, 0.2) is 41.2 Å². The topological polar surface area (TPSA) is 144 Å². The van der Waals surface area contributed by atoms with Gasteiger partial charge in [0.05, 0.1) is 23.5 Å². The molecule has 3 aliphatic heterocycles. The first-order valence-corrected chi connectivity index (χ1v) is 13.5. The number of fused-ring (bicyclic) bond motifs is 2. The number of carbonyl (C=O) groups is 3. The van der Waals surface area contributed by atoms with E-state index in [-0.39, 0.29) is 19.5 Å². The fourth-order valence-electron chi connectivity index (χ4n) is 6.58. The van der Waals surface area contributed by atoms with Crippen LogP contribution in [0.2, 0.25) is 0 Å². The Balaban J connectivity index is 0.00000195. The molecular weight excluding hydrogens is 488 g/mol. The van der Waals surface area contributed by atoms with Gasteiger partial charge in [0.2, 0.25) is 0 Å². The van der Waals surface area contributed by atoms with Crippen molar-refractivity contribution in [1.29, 1.82) is 0 Å². The van der Waals surface area contributed by atoms with Gasteiger partial charge in [-0.05, 0) is 44.9 Å². The Labute approximate surface area is 224 Å². The maximum absolute atomic E-state index is 13.2. The number of rotatable bonds is 9. The Morgan fingerprint density at radius 1 is 1.05 bits per heavy atom. The molecule has 0 aromatic carbocycles. The van der Waals surface area contributed by atoms with Gasteiger partial charge < -0.3 is 15.3 Å². The van der Waals surface area contributed by atoms with Gasteiger partial charge in [0, 0.05) is 25.5 Å². The third kappa shape index (κ3) is 5.11. The lowest BCUT2D eigenvalue weighted by Gasteiger charge is -2.62. The molecule has 2 bridgehead atoms. The number of allylic oxidation sites excluding steroid dienone is 1. The van der Waals surface area contributed by atoms with Gasteiger partial charge in [-0.3, -0.25) is 34.2 Å². The molecule has 1 aromatic rings. The van der Waals surface area contributed by atoms with E-state index in [0.29, 0.717) is 30.7 Å². The molecule has 3 N–H and O–H groups in total. The number of piperidine rings is 2. The number of carboxylic acids is 3. The van der Waals surface area contributed by atoms with E-state index >= 15 is 0 Å². The van der Waals surface area contributed by atoms with E-state index in [0.717, 1.165) is 12.8 Å². The molecule has 3 aliphatic rings. The lowest BCUT2D eigenvalue weighted by atomic mass is 9.55. The highest BCUT2D eigenvalue weighted by atomic mass is 16.4. The zero-order valence-corrected chi connectivity index (χ0v) is 22.7. The van der Waals surface area contributed by atoms with E-state index in [4.69, 9.17) is 0 Å². The number of aliphatic carboxylic acids is 3. The van der Waals surface area contributed by atoms with Crippen molar-refractivity contribution in [3.63, 3.8) is 0 Å². The van der Waals surface area contributed by atoms with E-state index in [9.17, 15) is 29.7 Å². The zero-order valence-electron chi connectivity index (χ0n) is 22.7. The monoisotopic (exact) mass is 528 g/mol. The van der Waals surface area contributed by atoms with Crippen LogP contribution in [0.5, 0.6) is 0 Å². The largest absolute Gasteiger partial charge is 0.481 e. The molecule has 208 valence electrons. The first kappa shape index (κ1) is 29.4. The van der Waals surface area contributed by atoms with E-state index < -0.39 is 46.9 Å². The number of aromatic nitrogens is 1. The van der Waals surface area contributed by atoms with Gasteiger partial charge in [-0.1, -0.05) is 45.8 Å². The molecule has 2 fully saturated rings. The quantitative estimate of drug-likeness (QED) is 0.437. The summed E-state index contributed by atoms with van der Waals surface area (Å²) < 4.78 is 0. The van der Waals surface area contributed by atoms with E-state index in [1.54, 1.807) is 42.6 Å². The summed E-state index contributed by atoms with van der Waals surface area (Å²) in [5, 5.41) is 31.6. The molecule has 4 heterocycles. The van der Waals surface area contributed by atoms with Crippen LogP contribution in [0, 0.1) is 10.8 Å². The van der Waals surface area contributed by atoms with Crippen molar-refractivity contribution >= 4 is 24.1 Å². The first-order chi connectivity index (χ1) is 18.2. The molecule has 38 heavy (non-hydrogen) atoms. The number of likely N-dealkylation sites (N-methyl/N-ethyl adjacent to an activating group) is 1. The lowest BCUT2D eigenvalue weighted by molar-refractivity contribution is -0.203. The summed E-state index contributed by atoms with van der Waals surface area (Å²) in [6, 6.07) is 2.75. The van der Waals surface area contributed by atoms with Crippen LogP contribution in [0.4, 0.5) is 0 Å². The highest BCUT2D eigenvalue weighted by Gasteiger charge is 2.69. The van der Waals surface area contributed by atoms with Crippen LogP contribution >= 0.6 is 0 Å². The van der Waals surface area contributed by atoms with Crippen LogP contribution in [0.1, 0.15) is 71.0 Å². The van der Waals surface area contributed by atoms with Crippen molar-refractivity contribution in [1.82, 2.24) is 14.8 Å². The number of unbranched alkanes of at least 4 members (excludes halogenated alkanes) is 1. The Morgan fingerprint density at radius 2 is 1.71 bits per heavy atom. The standard InChI is InChI=1S/C26H34N4O6.C2H6/c1-3-4-11-19(22(31)32)30-15-25(23(33)34)14-26(16-30,24(35)36)21(18-10-6-8-13-28-18)29(2)20(25)17-9-5-7-12-27-17;1-2/h5,7,9-10,12-13,19-21H,3-4,6,8,11,14-16H2,1-2H3,(H,31,32)(H,33,34)(H,35,36);1-2H3. The normalized spacial score (nSPS) is 29.9. The lowest BCUT2D eigenvalue weighted by Crippen LogP contribution is -2.73. The second kappa shape index (κ2) is 12.2. The molecule has 0 aliphatic carbocycles. The molecule has 0 saturated carbocycles. The predicted molar refractivity (Wildman–Crippen MR) is 143 cm³/mol. The van der Waals surface area contributed by atoms with Crippen LogP contribution in [-0.4, -0.2) is 86.4 Å². The van der Waals surface area contributed by atoms with Gasteiger partial charge in [-0.2, -0.15) is 0 Å². The third-order valence-electron chi connectivity index (χ3n) is 8.01. The van der Waals surface area contributed by atoms with Gasteiger partial charge in [-0.25, -0.2) is 0 Å². The van der Waals surface area contributed by atoms with Crippen LogP contribution in [0.3, 0.4) is 0 Å². The molecular formula is C28H40N4O6. The summed E-state index contributed by atoms with van der Waals surface area (Å²) >= 11 is 0. The Hall–Kier alpha value is -3.11. The average Bonchev–Trinajstić information content (AvgIpc) is 2.90. The summed E-state index contributed by atoms with van der Waals surface area (Å²) in [4.78, 5) is 51.1. The zero-order chi connectivity index (χ0) is 28.1. The Kier molecular flexibility index (Phi) is 9.43. The minimum atomic E-state index is -1.59. The number of aliphatic imine (C=N–C) groups is 1. The molecule has 4 rings (SSSR count). The highest BCUT2D eigenvalue weighted by Crippen LogP contribution is 2.59. The summed E-state index contributed by atoms with van der Waals surface area (Å²) in [5.41, 5.74) is -2.07. The van der Waals surface area contributed by atoms with Crippen molar-refractivity contribution in [3.05, 3.63) is 41.9 Å². The molecule has 0 radical (unpaired) electrons. The van der Waals surface area contributed by atoms with Crippen molar-refractivity contribution in [2.24, 2.45) is 15.8 Å². The number of pyridine rings is 1. The molecule has 5 unspecified atom stereocenters. The van der Waals surface area contributed by atoms with Crippen LogP contribution < -0.4 is 0 Å². The van der Waals surface area contributed by atoms with Gasteiger partial charge in [0.15, 0.2) is 0 Å². The molecule has 0 amide bonds. The molecule has 10 nitrogen and oxygen atoms in total. The van der Waals surface area contributed by atoms with Crippen molar-refractivity contribution in [3.8, 4) is 0 Å². The number of likely N-dealkylation sites (tertiary alicyclic amines) is 2. The molecule has 5 atom stereocenters. The minimum absolute atomic E-state index is 0.0746. The first-order valence-electron chi connectivity index (χ1n) is 13.5. The number of hydrogen-bond acceptors (Lipinski definition) is 7. The maximum atomic E-state index is 13.2. The number of carboxylic acid groups (broad SMARTS) is 3. The Bertz CT molecular complexity index is 1080. The summed E-state index contributed by atoms with van der Waals surface area (Å²) in [6.07, 6.45) is 8.28. The smallest absolute Gasteiger partial charge is 0.320 e. The summed E-state index contributed by atoms with van der Waals surface area (Å²) in [7, 11) is 1.74. The summed E-state index contributed by atoms with van der Waals surface area (Å²) in [6.45, 7) is 5.80. The number of nitrogens with zero attached hydrogens (tertiary/aromatic N) is 4. The fraction of sp³-hybridized carbons (Fsp3) is 0.607. The van der Waals surface area contributed by atoms with Crippen LogP contribution in [0.25, 0.3) is 0 Å². The third-order valence-corrected chi connectivity index (χ3v) is 8.01. The van der Waals surface area contributed by atoms with Gasteiger partial charge in [0.1, 0.15) is 16.9 Å². The van der Waals surface area contributed by atoms with Gasteiger partial charge in [-0.15, -0.1) is 0 Å². The van der Waals surface area contributed by atoms with E-state index in [1.165, 1.54) is 0 Å². The Morgan fingerprint density at radius 3 is 2.21 bits per heavy atom. The van der Waals surface area contributed by atoms with Crippen molar-refractivity contribution < 1.29 is 29.7 Å². The van der Waals surface area contributed by atoms with Gasteiger partial charge >= 0.3 is 17.9 Å². The molecule has 1 aromatic heterocycles. The molecule has 10 heteroatoms. The SMILES string of the molecule is CC.CCCCC(C(=O)O)N1CC2(C(=O)O)CC(C(=O)O)(C1)C(c1ccccn1)N(C)C2C1=CCCC=N1. The summed E-state index contributed by atoms with van der Waals surface area (Å²) in [5.74, 6) is -3.37. The fourth-order valence-corrected chi connectivity index (χ4v) is 6.58. The van der Waals surface area contributed by atoms with Crippen LogP contribution in [-0.2, 0) is 14.4 Å². The van der Waals surface area contributed by atoms with Crippen molar-refractivity contribution in [2.75, 3.05) is 20.1 Å². The minimum Gasteiger partial charge on any atom is -0.481 e. The number of hydrogen-bond donors (Lipinski definition) is 3. The highest BCUT2D eigenvalue weighted by molar-refractivity contribution is 5.84. The molecule has 0 spiro atoms. The predicted octanol–water partition coefficient (Wildman–Crippen LogP) is 3.70. The molecule has 2 saturated heterocycles. The average molecular weight is 529 g/mol. The maximum Gasteiger partial charge on any atom is 0.320 e. The van der Waals surface area contributed by atoms with E-state index in [2.05, 4.69) is 9.98 Å². The second-order valence-electron chi connectivity index (χ2n) is 10.2. The van der Waals surface area contributed by atoms with E-state index in [1.807, 2.05) is 31.7 Å². The van der Waals surface area contributed by atoms with Gasteiger partial charge in [0.25, 0.3) is 0 Å². The van der Waals surface area contributed by atoms with Crippen molar-refractivity contribution in [2.45, 2.75) is 77.4 Å². The second-order valence-corrected chi connectivity index (χ2v) is 10.2.